The lowest BCUT2D eigenvalue weighted by atomic mass is 10.2. The Kier molecular flexibility index (Phi) is 7.08. The summed E-state index contributed by atoms with van der Waals surface area (Å²) in [6.45, 7) is 5.86. The number of nitrogens with zero attached hydrogens (tertiary/aromatic N) is 4. The molecule has 0 spiro atoms. The van der Waals surface area contributed by atoms with Crippen LogP contribution < -0.4 is 10.1 Å². The van der Waals surface area contributed by atoms with Crippen molar-refractivity contribution in [2.45, 2.75) is 13.3 Å². The zero-order valence-corrected chi connectivity index (χ0v) is 18.7. The van der Waals surface area contributed by atoms with Crippen LogP contribution in [0.15, 0.2) is 54.2 Å². The van der Waals surface area contributed by atoms with Gasteiger partial charge in [-0.15, -0.1) is 11.3 Å². The number of hydrogen-bond donors (Lipinski definition) is 1. The van der Waals surface area contributed by atoms with E-state index in [1.807, 2.05) is 18.5 Å². The minimum atomic E-state index is -0.406. The van der Waals surface area contributed by atoms with Crippen molar-refractivity contribution in [3.8, 4) is 5.88 Å². The summed E-state index contributed by atoms with van der Waals surface area (Å²) in [6.07, 6.45) is 2.05. The van der Waals surface area contributed by atoms with Gasteiger partial charge in [0.2, 0.25) is 5.88 Å². The van der Waals surface area contributed by atoms with Crippen LogP contribution in [0.2, 0.25) is 0 Å². The number of amides is 2. The van der Waals surface area contributed by atoms with Crippen molar-refractivity contribution < 1.29 is 14.3 Å². The Bertz CT molecular complexity index is 1050. The van der Waals surface area contributed by atoms with Crippen LogP contribution in [-0.2, 0) is 6.42 Å². The minimum Gasteiger partial charge on any atom is -0.391 e. The monoisotopic (exact) mass is 451 g/mol. The predicted octanol–water partition coefficient (Wildman–Crippen LogP) is 3.46. The van der Waals surface area contributed by atoms with Gasteiger partial charge in [0.05, 0.1) is 23.1 Å². The third-order valence-electron chi connectivity index (χ3n) is 5.35. The van der Waals surface area contributed by atoms with Gasteiger partial charge in [-0.3, -0.25) is 9.69 Å². The molecule has 0 unspecified atom stereocenters. The van der Waals surface area contributed by atoms with Gasteiger partial charge in [-0.05, 0) is 31.5 Å². The maximum Gasteiger partial charge on any atom is 0.416 e. The number of anilines is 1. The lowest BCUT2D eigenvalue weighted by Gasteiger charge is -2.33. The molecule has 8 nitrogen and oxygen atoms in total. The molecule has 0 radical (unpaired) electrons. The molecule has 166 valence electrons. The molecule has 1 saturated heterocycles. The zero-order chi connectivity index (χ0) is 22.3. The van der Waals surface area contributed by atoms with Gasteiger partial charge in [0.1, 0.15) is 0 Å². The summed E-state index contributed by atoms with van der Waals surface area (Å²) in [5.41, 5.74) is 4.08. The van der Waals surface area contributed by atoms with Crippen molar-refractivity contribution in [2.24, 2.45) is 0 Å². The quantitative estimate of drug-likeness (QED) is 0.618. The first-order chi connectivity index (χ1) is 15.6. The highest BCUT2D eigenvalue weighted by atomic mass is 32.1. The number of carbonyl (C=O) groups is 2. The number of nitrogens with one attached hydrogen (secondary N) is 1. The molecule has 9 heteroatoms. The van der Waals surface area contributed by atoms with Crippen molar-refractivity contribution in [3.63, 3.8) is 0 Å². The highest BCUT2D eigenvalue weighted by Gasteiger charge is 2.23. The molecule has 0 atom stereocenters. The molecular formula is C23H25N5O3S. The minimum absolute atomic E-state index is 0.204. The summed E-state index contributed by atoms with van der Waals surface area (Å²) < 4.78 is 5.41. The Labute approximate surface area is 190 Å². The Morgan fingerprint density at radius 1 is 1.06 bits per heavy atom. The van der Waals surface area contributed by atoms with Crippen LogP contribution in [0.25, 0.3) is 0 Å². The first-order valence-electron chi connectivity index (χ1n) is 10.5. The maximum absolute atomic E-state index is 12.5. The fourth-order valence-electron chi connectivity index (χ4n) is 3.44. The van der Waals surface area contributed by atoms with E-state index in [0.29, 0.717) is 24.3 Å². The summed E-state index contributed by atoms with van der Waals surface area (Å²) >= 11 is 1.70. The van der Waals surface area contributed by atoms with Crippen LogP contribution in [0.1, 0.15) is 20.9 Å². The Hall–Kier alpha value is -3.30. The molecule has 3 heterocycles. The highest BCUT2D eigenvalue weighted by Crippen LogP contribution is 2.16. The second-order valence-corrected chi connectivity index (χ2v) is 8.45. The van der Waals surface area contributed by atoms with Crippen molar-refractivity contribution in [3.05, 3.63) is 70.3 Å². The average Bonchev–Trinajstić information content (AvgIpc) is 3.24. The number of pyridine rings is 1. The van der Waals surface area contributed by atoms with E-state index >= 15 is 0 Å². The van der Waals surface area contributed by atoms with Gasteiger partial charge in [-0.1, -0.05) is 18.2 Å². The summed E-state index contributed by atoms with van der Waals surface area (Å²) in [4.78, 5) is 38.5. The number of benzene rings is 1. The summed E-state index contributed by atoms with van der Waals surface area (Å²) in [5, 5.41) is 2.77. The molecule has 0 saturated carbocycles. The molecule has 2 aromatic heterocycles. The van der Waals surface area contributed by atoms with Crippen LogP contribution in [0, 0.1) is 6.92 Å². The van der Waals surface area contributed by atoms with E-state index in [9.17, 15) is 9.59 Å². The number of piperazine rings is 1. The Balaban J connectivity index is 1.22. The number of aromatic nitrogens is 2. The number of aryl methyl sites for hydroxylation is 1. The second-order valence-electron chi connectivity index (χ2n) is 7.51. The lowest BCUT2D eigenvalue weighted by Crippen LogP contribution is -2.49. The third-order valence-corrected chi connectivity index (χ3v) is 6.35. The number of rotatable bonds is 6. The van der Waals surface area contributed by atoms with Crippen molar-refractivity contribution >= 4 is 29.0 Å². The number of carbonyl (C=O) groups excluding carboxylic acids is 2. The second kappa shape index (κ2) is 10.3. The van der Waals surface area contributed by atoms with E-state index in [1.165, 1.54) is 11.1 Å². The fourth-order valence-corrected chi connectivity index (χ4v) is 4.21. The van der Waals surface area contributed by atoms with Gasteiger partial charge in [0.25, 0.3) is 5.91 Å². The standard InChI is InChI=1S/C23H25N5O3S/c1-17-20(32-16-25-17)9-10-27-11-13-28(14-12-27)23(30)31-21-8-7-19(15-24-21)26-22(29)18-5-3-2-4-6-18/h2-8,15-16H,9-14H2,1H3,(H,26,29). The fraction of sp³-hybridized carbons (Fsp3) is 0.304. The normalized spacial score (nSPS) is 14.2. The average molecular weight is 452 g/mol. The molecule has 1 aromatic carbocycles. The van der Waals surface area contributed by atoms with E-state index < -0.39 is 6.09 Å². The molecular weight excluding hydrogens is 426 g/mol. The topological polar surface area (TPSA) is 87.7 Å². The number of ether oxygens (including phenoxy) is 1. The zero-order valence-electron chi connectivity index (χ0n) is 17.9. The maximum atomic E-state index is 12.5. The summed E-state index contributed by atoms with van der Waals surface area (Å²) in [5.74, 6) is -0.0173. The SMILES string of the molecule is Cc1ncsc1CCN1CCN(C(=O)Oc2ccc(NC(=O)c3ccccc3)cn2)CC1. The summed E-state index contributed by atoms with van der Waals surface area (Å²) in [6, 6.07) is 12.2. The molecule has 1 aliphatic rings. The van der Waals surface area contributed by atoms with Crippen molar-refractivity contribution in [1.82, 2.24) is 19.8 Å². The van der Waals surface area contributed by atoms with Gasteiger partial charge in [0, 0.05) is 49.2 Å². The third kappa shape index (κ3) is 5.68. The van der Waals surface area contributed by atoms with E-state index in [4.69, 9.17) is 4.74 Å². The molecule has 0 bridgehead atoms. The first-order valence-corrected chi connectivity index (χ1v) is 11.4. The molecule has 1 N–H and O–H groups in total. The van der Waals surface area contributed by atoms with E-state index in [0.717, 1.165) is 31.7 Å². The molecule has 1 aliphatic heterocycles. The van der Waals surface area contributed by atoms with Gasteiger partial charge in [-0.2, -0.15) is 0 Å². The lowest BCUT2D eigenvalue weighted by molar-refractivity contribution is 0.102. The summed E-state index contributed by atoms with van der Waals surface area (Å²) in [7, 11) is 0. The molecule has 3 aromatic rings. The van der Waals surface area contributed by atoms with Crippen LogP contribution >= 0.6 is 11.3 Å². The van der Waals surface area contributed by atoms with Crippen LogP contribution in [0.3, 0.4) is 0 Å². The smallest absolute Gasteiger partial charge is 0.391 e. The number of thiazole rings is 1. The van der Waals surface area contributed by atoms with Gasteiger partial charge in [0.15, 0.2) is 0 Å². The predicted molar refractivity (Wildman–Crippen MR) is 123 cm³/mol. The molecule has 0 aliphatic carbocycles. The largest absolute Gasteiger partial charge is 0.416 e. The highest BCUT2D eigenvalue weighted by molar-refractivity contribution is 7.09. The Morgan fingerprint density at radius 2 is 1.84 bits per heavy atom. The molecule has 1 fully saturated rings. The van der Waals surface area contributed by atoms with Crippen molar-refractivity contribution in [2.75, 3.05) is 38.0 Å². The van der Waals surface area contributed by atoms with Crippen LogP contribution in [-0.4, -0.2) is 64.5 Å². The van der Waals surface area contributed by atoms with Crippen LogP contribution in [0.5, 0.6) is 5.88 Å². The molecule has 4 rings (SSSR count). The van der Waals surface area contributed by atoms with E-state index in [2.05, 4.69) is 20.2 Å². The van der Waals surface area contributed by atoms with E-state index in [1.54, 1.807) is 52.6 Å². The van der Waals surface area contributed by atoms with Crippen molar-refractivity contribution in [1.29, 1.82) is 0 Å². The van der Waals surface area contributed by atoms with Gasteiger partial charge in [-0.25, -0.2) is 14.8 Å². The van der Waals surface area contributed by atoms with Crippen LogP contribution in [0.4, 0.5) is 10.5 Å². The Morgan fingerprint density at radius 3 is 2.50 bits per heavy atom. The first kappa shape index (κ1) is 21.9. The molecule has 2 amide bonds. The van der Waals surface area contributed by atoms with Gasteiger partial charge < -0.3 is 15.0 Å². The van der Waals surface area contributed by atoms with E-state index in [-0.39, 0.29) is 11.8 Å². The molecule has 32 heavy (non-hydrogen) atoms. The number of hydrogen-bond acceptors (Lipinski definition) is 7. The van der Waals surface area contributed by atoms with Gasteiger partial charge >= 0.3 is 6.09 Å².